The molecule has 0 bridgehead atoms. The van der Waals surface area contributed by atoms with E-state index in [0.29, 0.717) is 11.7 Å². The van der Waals surface area contributed by atoms with E-state index in [0.717, 1.165) is 69.5 Å². The molecule has 1 fully saturated rings. The Hall–Kier alpha value is -2.34. The van der Waals surface area contributed by atoms with Gasteiger partial charge in [-0.15, -0.1) is 0 Å². The maximum absolute atomic E-state index is 12.9. The SMILES string of the molecule is COc1ccccc1CCNC1CCc2c(c(C(=O)N3CCCC3)nn2C)C1. The largest absolute Gasteiger partial charge is 0.496 e. The Balaban J connectivity index is 1.40. The first-order valence-corrected chi connectivity index (χ1v) is 10.4. The number of nitrogens with one attached hydrogen (secondary N) is 1. The van der Waals surface area contributed by atoms with Crippen LogP contribution in [0.2, 0.25) is 0 Å². The first-order chi connectivity index (χ1) is 13.7. The van der Waals surface area contributed by atoms with Crippen molar-refractivity contribution in [1.82, 2.24) is 20.0 Å². The number of fused-ring (bicyclic) bond motifs is 1. The molecule has 150 valence electrons. The van der Waals surface area contributed by atoms with Crippen LogP contribution in [0.3, 0.4) is 0 Å². The number of aromatic nitrogens is 2. The predicted octanol–water partition coefficient (Wildman–Crippen LogP) is 2.35. The molecular formula is C22H30N4O2. The van der Waals surface area contributed by atoms with Gasteiger partial charge in [0.15, 0.2) is 5.69 Å². The van der Waals surface area contributed by atoms with E-state index < -0.39 is 0 Å². The molecule has 4 rings (SSSR count). The second-order valence-electron chi connectivity index (χ2n) is 7.85. The molecule has 6 nitrogen and oxygen atoms in total. The van der Waals surface area contributed by atoms with Crippen molar-refractivity contribution in [2.75, 3.05) is 26.7 Å². The fourth-order valence-corrected chi connectivity index (χ4v) is 4.53. The van der Waals surface area contributed by atoms with Crippen molar-refractivity contribution in [2.45, 2.75) is 44.6 Å². The molecule has 1 amide bonds. The highest BCUT2D eigenvalue weighted by Crippen LogP contribution is 2.26. The Morgan fingerprint density at radius 2 is 2.07 bits per heavy atom. The van der Waals surface area contributed by atoms with E-state index in [1.54, 1.807) is 7.11 Å². The lowest BCUT2D eigenvalue weighted by atomic mass is 9.91. The number of hydrogen-bond donors (Lipinski definition) is 1. The van der Waals surface area contributed by atoms with Crippen molar-refractivity contribution in [3.8, 4) is 5.75 Å². The van der Waals surface area contributed by atoms with Crippen molar-refractivity contribution >= 4 is 5.91 Å². The Labute approximate surface area is 166 Å². The molecular weight excluding hydrogens is 352 g/mol. The van der Waals surface area contributed by atoms with Gasteiger partial charge in [-0.3, -0.25) is 9.48 Å². The van der Waals surface area contributed by atoms with Gasteiger partial charge in [0.1, 0.15) is 5.75 Å². The highest BCUT2D eigenvalue weighted by molar-refractivity contribution is 5.94. The highest BCUT2D eigenvalue weighted by Gasteiger charge is 2.31. The molecule has 1 saturated heterocycles. The minimum Gasteiger partial charge on any atom is -0.496 e. The number of likely N-dealkylation sites (tertiary alicyclic amines) is 1. The standard InChI is InChI=1S/C22H30N4O2/c1-25-19-10-9-17(23-12-11-16-7-3-4-8-20(16)28-2)15-18(19)21(24-25)22(27)26-13-5-6-14-26/h3-4,7-8,17,23H,5-6,9-15H2,1-2H3. The van der Waals surface area contributed by atoms with Crippen LogP contribution in [0.1, 0.15) is 46.6 Å². The van der Waals surface area contributed by atoms with Gasteiger partial charge in [0.25, 0.3) is 5.91 Å². The highest BCUT2D eigenvalue weighted by atomic mass is 16.5. The van der Waals surface area contributed by atoms with Crippen LogP contribution in [-0.2, 0) is 26.3 Å². The summed E-state index contributed by atoms with van der Waals surface area (Å²) in [6, 6.07) is 8.56. The van der Waals surface area contributed by atoms with Gasteiger partial charge in [-0.1, -0.05) is 18.2 Å². The summed E-state index contributed by atoms with van der Waals surface area (Å²) in [6.45, 7) is 2.63. The number of ether oxygens (including phenoxy) is 1. The third-order valence-electron chi connectivity index (χ3n) is 6.07. The molecule has 0 saturated carbocycles. The van der Waals surface area contributed by atoms with Crippen LogP contribution < -0.4 is 10.1 Å². The third kappa shape index (κ3) is 3.78. The number of aryl methyl sites for hydroxylation is 1. The number of nitrogens with zero attached hydrogens (tertiary/aromatic N) is 3. The number of hydrogen-bond acceptors (Lipinski definition) is 4. The van der Waals surface area contributed by atoms with Crippen LogP contribution in [0.15, 0.2) is 24.3 Å². The van der Waals surface area contributed by atoms with Crippen LogP contribution in [0.25, 0.3) is 0 Å². The Kier molecular flexibility index (Phi) is 5.67. The van der Waals surface area contributed by atoms with Gasteiger partial charge < -0.3 is 15.0 Å². The number of rotatable bonds is 6. The van der Waals surface area contributed by atoms with E-state index in [1.165, 1.54) is 11.3 Å². The number of amides is 1. The second-order valence-corrected chi connectivity index (χ2v) is 7.85. The summed E-state index contributed by atoms with van der Waals surface area (Å²) in [4.78, 5) is 14.9. The fourth-order valence-electron chi connectivity index (χ4n) is 4.53. The topological polar surface area (TPSA) is 59.4 Å². The number of benzene rings is 1. The molecule has 2 aliphatic rings. The summed E-state index contributed by atoms with van der Waals surface area (Å²) >= 11 is 0. The molecule has 1 unspecified atom stereocenters. The molecule has 28 heavy (non-hydrogen) atoms. The Morgan fingerprint density at radius 1 is 1.29 bits per heavy atom. The smallest absolute Gasteiger partial charge is 0.274 e. The number of methoxy groups -OCH3 is 1. The molecule has 0 radical (unpaired) electrons. The van der Waals surface area contributed by atoms with E-state index >= 15 is 0 Å². The van der Waals surface area contributed by atoms with Crippen molar-refractivity contribution in [2.24, 2.45) is 7.05 Å². The minimum atomic E-state index is 0.115. The van der Waals surface area contributed by atoms with Gasteiger partial charge in [0, 0.05) is 37.4 Å². The maximum atomic E-state index is 12.9. The van der Waals surface area contributed by atoms with Gasteiger partial charge in [-0.25, -0.2) is 0 Å². The zero-order valence-electron chi connectivity index (χ0n) is 16.9. The normalized spacial score (nSPS) is 18.9. The predicted molar refractivity (Wildman–Crippen MR) is 109 cm³/mol. The summed E-state index contributed by atoms with van der Waals surface area (Å²) in [5.74, 6) is 1.06. The first-order valence-electron chi connectivity index (χ1n) is 10.4. The van der Waals surface area contributed by atoms with Gasteiger partial charge in [-0.05, 0) is 56.7 Å². The fraction of sp³-hybridized carbons (Fsp3) is 0.545. The Morgan fingerprint density at radius 3 is 2.86 bits per heavy atom. The lowest BCUT2D eigenvalue weighted by Crippen LogP contribution is -2.37. The molecule has 2 heterocycles. The summed E-state index contributed by atoms with van der Waals surface area (Å²) in [7, 11) is 3.69. The van der Waals surface area contributed by atoms with Crippen LogP contribution in [0, 0.1) is 0 Å². The number of para-hydroxylation sites is 1. The van der Waals surface area contributed by atoms with Crippen molar-refractivity contribution in [3.05, 3.63) is 46.8 Å². The summed E-state index contributed by atoms with van der Waals surface area (Å²) in [6.07, 6.45) is 6.07. The zero-order chi connectivity index (χ0) is 19.5. The quantitative estimate of drug-likeness (QED) is 0.833. The molecule has 1 aromatic carbocycles. The van der Waals surface area contributed by atoms with Crippen LogP contribution in [0.4, 0.5) is 0 Å². The maximum Gasteiger partial charge on any atom is 0.274 e. The average Bonchev–Trinajstić information content (AvgIpc) is 3.36. The van der Waals surface area contributed by atoms with Crippen molar-refractivity contribution < 1.29 is 9.53 Å². The summed E-state index contributed by atoms with van der Waals surface area (Å²) in [5.41, 5.74) is 4.28. The van der Waals surface area contributed by atoms with E-state index in [1.807, 2.05) is 28.8 Å². The Bertz CT molecular complexity index is 839. The summed E-state index contributed by atoms with van der Waals surface area (Å²) < 4.78 is 7.37. The molecule has 1 N–H and O–H groups in total. The first kappa shape index (κ1) is 19.0. The lowest BCUT2D eigenvalue weighted by Gasteiger charge is -2.25. The molecule has 6 heteroatoms. The van der Waals surface area contributed by atoms with E-state index in [4.69, 9.17) is 4.74 Å². The molecule has 1 atom stereocenters. The van der Waals surface area contributed by atoms with Gasteiger partial charge in [-0.2, -0.15) is 5.10 Å². The van der Waals surface area contributed by atoms with E-state index in [9.17, 15) is 4.79 Å². The van der Waals surface area contributed by atoms with Crippen LogP contribution in [0.5, 0.6) is 5.75 Å². The monoisotopic (exact) mass is 382 g/mol. The molecule has 1 aromatic heterocycles. The van der Waals surface area contributed by atoms with Crippen LogP contribution >= 0.6 is 0 Å². The van der Waals surface area contributed by atoms with Crippen molar-refractivity contribution in [1.29, 1.82) is 0 Å². The molecule has 2 aromatic rings. The van der Waals surface area contributed by atoms with Crippen molar-refractivity contribution in [3.63, 3.8) is 0 Å². The third-order valence-corrected chi connectivity index (χ3v) is 6.07. The van der Waals surface area contributed by atoms with Gasteiger partial charge in [0.2, 0.25) is 0 Å². The number of carbonyl (C=O) groups is 1. The van der Waals surface area contributed by atoms with E-state index in [2.05, 4.69) is 22.5 Å². The van der Waals surface area contributed by atoms with Gasteiger partial charge in [0.05, 0.1) is 7.11 Å². The van der Waals surface area contributed by atoms with E-state index in [-0.39, 0.29) is 5.91 Å². The lowest BCUT2D eigenvalue weighted by molar-refractivity contribution is 0.0785. The zero-order valence-corrected chi connectivity index (χ0v) is 16.9. The average molecular weight is 383 g/mol. The molecule has 1 aliphatic heterocycles. The molecule has 1 aliphatic carbocycles. The van der Waals surface area contributed by atoms with Crippen LogP contribution in [-0.4, -0.2) is 53.4 Å². The summed E-state index contributed by atoms with van der Waals surface area (Å²) in [5, 5.41) is 8.29. The second kappa shape index (κ2) is 8.35. The minimum absolute atomic E-state index is 0.115. The number of carbonyl (C=O) groups excluding carboxylic acids is 1. The molecule has 0 spiro atoms. The van der Waals surface area contributed by atoms with Gasteiger partial charge >= 0.3 is 0 Å².